The molecule has 4 heterocycles. The lowest BCUT2D eigenvalue weighted by Crippen LogP contribution is -2.09. The van der Waals surface area contributed by atoms with Gasteiger partial charge in [0.25, 0.3) is 0 Å². The van der Waals surface area contributed by atoms with Crippen molar-refractivity contribution in [3.8, 4) is 0 Å². The van der Waals surface area contributed by atoms with E-state index in [1.54, 1.807) is 0 Å². The Hall–Kier alpha value is -3.74. The Morgan fingerprint density at radius 1 is 0.368 bits per heavy atom. The molecule has 0 saturated carbocycles. The number of sulfone groups is 2. The lowest BCUT2D eigenvalue weighted by molar-refractivity contribution is 0.593. The average molecular weight is 537 g/mol. The molecule has 0 fully saturated rings. The Bertz CT molecular complexity index is 1860. The molecular weight excluding hydrogens is 512 g/mol. The smallest absolute Gasteiger partial charge is 0.158 e. The third-order valence-corrected chi connectivity index (χ3v) is 10.6. The van der Waals surface area contributed by atoms with Gasteiger partial charge in [-0.05, 0) is 89.6 Å². The predicted molar refractivity (Wildman–Crippen MR) is 156 cm³/mol. The van der Waals surface area contributed by atoms with Crippen molar-refractivity contribution in [2.45, 2.75) is 23.0 Å². The quantitative estimate of drug-likeness (QED) is 0.199. The van der Waals surface area contributed by atoms with E-state index in [4.69, 9.17) is 0 Å². The first-order valence-corrected chi connectivity index (χ1v) is 16.2. The molecule has 6 heteroatoms. The summed E-state index contributed by atoms with van der Waals surface area (Å²) in [4.78, 5) is 0. The van der Waals surface area contributed by atoms with Gasteiger partial charge in [0.05, 0.1) is 23.0 Å². The molecule has 10 rings (SSSR count). The molecule has 188 valence electrons. The molecule has 0 unspecified atom stereocenters. The van der Waals surface area contributed by atoms with E-state index in [1.165, 1.54) is 0 Å². The third-order valence-electron chi connectivity index (χ3n) is 7.62. The van der Waals surface area contributed by atoms with Gasteiger partial charge in [0.15, 0.2) is 19.7 Å². The monoisotopic (exact) mass is 536 g/mol. The molecule has 6 aromatic rings. The molecule has 0 amide bonds. The summed E-state index contributed by atoms with van der Waals surface area (Å²) < 4.78 is 54.2. The average Bonchev–Trinajstić information content (AvgIpc) is 2.86. The predicted octanol–water partition coefficient (Wildman–Crippen LogP) is 6.84. The Morgan fingerprint density at radius 3 is 0.842 bits per heavy atom. The van der Waals surface area contributed by atoms with Gasteiger partial charge >= 0.3 is 0 Å². The van der Waals surface area contributed by atoms with Crippen LogP contribution in [0.15, 0.2) is 97.1 Å². The van der Waals surface area contributed by atoms with Crippen LogP contribution in [0, 0.1) is 0 Å². The fourth-order valence-electron chi connectivity index (χ4n) is 5.91. The molecule has 0 N–H and O–H groups in total. The minimum atomic E-state index is -3.48. The van der Waals surface area contributed by atoms with E-state index >= 15 is 0 Å². The van der Waals surface area contributed by atoms with Crippen molar-refractivity contribution in [3.05, 3.63) is 119 Å². The highest BCUT2D eigenvalue weighted by atomic mass is 32.2. The number of rotatable bonds is 0. The number of benzene rings is 6. The standard InChI is InChI=1S/C32H24O4S2/c33-37(34)17-25-9-1-5-21-13-30-22(14-29(21)25)6-2-10-26(30)19-38(35,36)20-28-12-4-8-24-15-31-23(16-32(24)28)7-3-11-27(31)18-37/h1-16H,17-20H2. The minimum absolute atomic E-state index is 0.0714. The lowest BCUT2D eigenvalue weighted by atomic mass is 9.98. The van der Waals surface area contributed by atoms with Crippen LogP contribution in [0.5, 0.6) is 0 Å². The van der Waals surface area contributed by atoms with E-state index in [-0.39, 0.29) is 23.0 Å². The number of hydrogen-bond acceptors (Lipinski definition) is 4. The molecule has 0 aromatic heterocycles. The van der Waals surface area contributed by atoms with Gasteiger partial charge in [0, 0.05) is 0 Å². The van der Waals surface area contributed by atoms with E-state index in [2.05, 4.69) is 0 Å². The summed E-state index contributed by atoms with van der Waals surface area (Å²) in [6.45, 7) is 0. The van der Waals surface area contributed by atoms with E-state index in [1.807, 2.05) is 97.1 Å². The Kier molecular flexibility index (Phi) is 5.16. The molecule has 12 bridgehead atoms. The summed E-state index contributed by atoms with van der Waals surface area (Å²) >= 11 is 0. The summed E-state index contributed by atoms with van der Waals surface area (Å²) in [5.41, 5.74) is 3.00. The zero-order valence-corrected chi connectivity index (χ0v) is 22.1. The van der Waals surface area contributed by atoms with Gasteiger partial charge in [-0.25, -0.2) is 16.8 Å². The van der Waals surface area contributed by atoms with Crippen LogP contribution in [-0.4, -0.2) is 16.8 Å². The highest BCUT2D eigenvalue weighted by Gasteiger charge is 2.20. The summed E-state index contributed by atoms with van der Waals surface area (Å²) in [6.07, 6.45) is 0. The van der Waals surface area contributed by atoms with Gasteiger partial charge in [-0.2, -0.15) is 0 Å². The van der Waals surface area contributed by atoms with Crippen molar-refractivity contribution in [2.24, 2.45) is 0 Å². The van der Waals surface area contributed by atoms with Gasteiger partial charge in [-0.1, -0.05) is 72.8 Å². The van der Waals surface area contributed by atoms with E-state index in [9.17, 15) is 16.8 Å². The zero-order chi connectivity index (χ0) is 26.1. The molecule has 6 aromatic carbocycles. The first-order valence-electron chi connectivity index (χ1n) is 12.5. The van der Waals surface area contributed by atoms with Crippen LogP contribution in [0.3, 0.4) is 0 Å². The summed E-state index contributed by atoms with van der Waals surface area (Å²) in [6, 6.07) is 30.8. The van der Waals surface area contributed by atoms with Crippen LogP contribution >= 0.6 is 0 Å². The molecule has 38 heavy (non-hydrogen) atoms. The fraction of sp³-hybridized carbons (Fsp3) is 0.125. The molecule has 0 saturated heterocycles. The van der Waals surface area contributed by atoms with Gasteiger partial charge < -0.3 is 0 Å². The van der Waals surface area contributed by atoms with Crippen LogP contribution in [-0.2, 0) is 42.7 Å². The Balaban J connectivity index is 1.53. The fourth-order valence-corrected chi connectivity index (χ4v) is 9.02. The molecule has 0 radical (unpaired) electrons. The van der Waals surface area contributed by atoms with Crippen molar-refractivity contribution >= 4 is 62.8 Å². The molecule has 0 spiro atoms. The summed E-state index contributed by atoms with van der Waals surface area (Å²) in [5.74, 6) is -0.286. The normalized spacial score (nSPS) is 16.8. The highest BCUT2D eigenvalue weighted by molar-refractivity contribution is 7.90. The number of hydrogen-bond donors (Lipinski definition) is 0. The van der Waals surface area contributed by atoms with E-state index in [0.29, 0.717) is 0 Å². The van der Waals surface area contributed by atoms with Crippen LogP contribution in [0.4, 0.5) is 0 Å². The highest BCUT2D eigenvalue weighted by Crippen LogP contribution is 2.33. The van der Waals surface area contributed by atoms with Crippen molar-refractivity contribution in [2.75, 3.05) is 0 Å². The van der Waals surface area contributed by atoms with Crippen LogP contribution in [0.1, 0.15) is 22.3 Å². The maximum absolute atomic E-state index is 13.6. The van der Waals surface area contributed by atoms with Crippen LogP contribution in [0.2, 0.25) is 0 Å². The molecule has 4 aliphatic rings. The molecule has 4 nitrogen and oxygen atoms in total. The Labute approximate surface area is 221 Å². The zero-order valence-electron chi connectivity index (χ0n) is 20.5. The van der Waals surface area contributed by atoms with Crippen molar-refractivity contribution in [1.82, 2.24) is 0 Å². The first kappa shape index (κ1) is 23.4. The van der Waals surface area contributed by atoms with E-state index in [0.717, 1.165) is 65.3 Å². The molecular formula is C32H24O4S2. The van der Waals surface area contributed by atoms with Gasteiger partial charge in [-0.3, -0.25) is 0 Å². The molecule has 0 aliphatic carbocycles. The summed E-state index contributed by atoms with van der Waals surface area (Å²) in [7, 11) is -6.96. The van der Waals surface area contributed by atoms with Crippen LogP contribution in [0.25, 0.3) is 43.1 Å². The van der Waals surface area contributed by atoms with Gasteiger partial charge in [-0.15, -0.1) is 0 Å². The Morgan fingerprint density at radius 2 is 0.605 bits per heavy atom. The first-order chi connectivity index (χ1) is 18.2. The van der Waals surface area contributed by atoms with Gasteiger partial charge in [0.2, 0.25) is 0 Å². The maximum atomic E-state index is 13.6. The largest absolute Gasteiger partial charge is 0.228 e. The van der Waals surface area contributed by atoms with Gasteiger partial charge in [0.1, 0.15) is 0 Å². The second-order valence-electron chi connectivity index (χ2n) is 10.3. The molecule has 0 atom stereocenters. The van der Waals surface area contributed by atoms with Crippen molar-refractivity contribution in [1.29, 1.82) is 0 Å². The van der Waals surface area contributed by atoms with Crippen LogP contribution < -0.4 is 0 Å². The third kappa shape index (κ3) is 4.05. The summed E-state index contributed by atoms with van der Waals surface area (Å²) in [5, 5.41) is 7.10. The second kappa shape index (κ2) is 8.38. The maximum Gasteiger partial charge on any atom is 0.158 e. The topological polar surface area (TPSA) is 68.3 Å². The van der Waals surface area contributed by atoms with Crippen molar-refractivity contribution < 1.29 is 16.8 Å². The SMILES string of the molecule is O=S1(=O)Cc2cccc3cc4c(cccc4cc23)CS(=O)(=O)Cc2cccc3cc4c(cccc4cc23)C1. The van der Waals surface area contributed by atoms with Crippen molar-refractivity contribution in [3.63, 3.8) is 0 Å². The second-order valence-corrected chi connectivity index (χ2v) is 14.5. The van der Waals surface area contributed by atoms with E-state index < -0.39 is 19.7 Å². The molecule has 4 aliphatic heterocycles. The lowest BCUT2D eigenvalue weighted by Gasteiger charge is -2.15. The minimum Gasteiger partial charge on any atom is -0.228 e.